The van der Waals surface area contributed by atoms with E-state index < -0.39 is 0 Å². The van der Waals surface area contributed by atoms with E-state index in [1.54, 1.807) is 6.20 Å². The molecule has 1 heterocycles. The Labute approximate surface area is 103 Å². The number of hydrogen-bond acceptors (Lipinski definition) is 2. The molecule has 0 atom stereocenters. The molecule has 0 bridgehead atoms. The van der Waals surface area contributed by atoms with Gasteiger partial charge in [0, 0.05) is 30.9 Å². The Bertz CT molecular complexity index is 348. The van der Waals surface area contributed by atoms with E-state index in [4.69, 9.17) is 11.6 Å². The van der Waals surface area contributed by atoms with Crippen molar-refractivity contribution in [1.82, 2.24) is 9.88 Å². The van der Waals surface area contributed by atoms with Crippen LogP contribution in [0.1, 0.15) is 32.3 Å². The van der Waals surface area contributed by atoms with E-state index in [1.807, 2.05) is 6.07 Å². The van der Waals surface area contributed by atoms with Crippen LogP contribution in [0.3, 0.4) is 0 Å². The summed E-state index contributed by atoms with van der Waals surface area (Å²) in [5.74, 6) is 0.915. The van der Waals surface area contributed by atoms with Crippen LogP contribution in [0, 0.1) is 5.92 Å². The van der Waals surface area contributed by atoms with Gasteiger partial charge in [0.05, 0.1) is 0 Å². The van der Waals surface area contributed by atoms with Gasteiger partial charge in [-0.25, -0.2) is 4.98 Å². The van der Waals surface area contributed by atoms with Gasteiger partial charge in [-0.05, 0) is 38.7 Å². The summed E-state index contributed by atoms with van der Waals surface area (Å²) >= 11 is 6.09. The molecular formula is C13H19ClN2. The highest BCUT2D eigenvalue weighted by Gasteiger charge is 2.25. The van der Waals surface area contributed by atoms with Gasteiger partial charge in [-0.3, -0.25) is 4.90 Å². The molecule has 3 heteroatoms. The summed E-state index contributed by atoms with van der Waals surface area (Å²) in [7, 11) is 0. The van der Waals surface area contributed by atoms with E-state index in [0.717, 1.165) is 18.0 Å². The van der Waals surface area contributed by atoms with Crippen molar-refractivity contribution in [3.05, 3.63) is 29.0 Å². The zero-order chi connectivity index (χ0) is 11.5. The highest BCUT2D eigenvalue weighted by atomic mass is 35.5. The topological polar surface area (TPSA) is 16.1 Å². The minimum atomic E-state index is 0.567. The van der Waals surface area contributed by atoms with Gasteiger partial charge in [0.25, 0.3) is 0 Å². The Morgan fingerprint density at radius 1 is 1.50 bits per heavy atom. The SMILES string of the molecule is CC(C)N(Cc1cccnc1Cl)CC1CC1. The molecule has 2 nitrogen and oxygen atoms in total. The van der Waals surface area contributed by atoms with Crippen LogP contribution in [0.4, 0.5) is 0 Å². The second-order valence-electron chi connectivity index (χ2n) is 4.92. The van der Waals surface area contributed by atoms with E-state index in [2.05, 4.69) is 29.8 Å². The molecule has 16 heavy (non-hydrogen) atoms. The van der Waals surface area contributed by atoms with Crippen molar-refractivity contribution in [2.75, 3.05) is 6.54 Å². The maximum absolute atomic E-state index is 6.09. The molecule has 0 unspecified atom stereocenters. The van der Waals surface area contributed by atoms with Crippen LogP contribution >= 0.6 is 11.6 Å². The molecule has 88 valence electrons. The first-order valence-corrected chi connectivity index (χ1v) is 6.38. The van der Waals surface area contributed by atoms with Gasteiger partial charge in [0.15, 0.2) is 0 Å². The third-order valence-electron chi connectivity index (χ3n) is 3.13. The minimum Gasteiger partial charge on any atom is -0.296 e. The quantitative estimate of drug-likeness (QED) is 0.732. The fourth-order valence-corrected chi connectivity index (χ4v) is 2.03. The van der Waals surface area contributed by atoms with Crippen LogP contribution in [0.25, 0.3) is 0 Å². The second kappa shape index (κ2) is 5.15. The number of pyridine rings is 1. The van der Waals surface area contributed by atoms with Crippen molar-refractivity contribution in [3.63, 3.8) is 0 Å². The first-order chi connectivity index (χ1) is 7.66. The van der Waals surface area contributed by atoms with Gasteiger partial charge < -0.3 is 0 Å². The Hall–Kier alpha value is -0.600. The summed E-state index contributed by atoms with van der Waals surface area (Å²) in [4.78, 5) is 6.61. The summed E-state index contributed by atoms with van der Waals surface area (Å²) in [6.07, 6.45) is 4.53. The Balaban J connectivity index is 2.01. The van der Waals surface area contributed by atoms with Crippen molar-refractivity contribution < 1.29 is 0 Å². The number of halogens is 1. The molecule has 1 aromatic rings. The van der Waals surface area contributed by atoms with Crippen molar-refractivity contribution in [2.24, 2.45) is 5.92 Å². The lowest BCUT2D eigenvalue weighted by Crippen LogP contribution is -2.32. The van der Waals surface area contributed by atoms with Crippen molar-refractivity contribution in [2.45, 2.75) is 39.3 Å². The van der Waals surface area contributed by atoms with Gasteiger partial charge >= 0.3 is 0 Å². The van der Waals surface area contributed by atoms with Gasteiger partial charge in [-0.15, -0.1) is 0 Å². The Morgan fingerprint density at radius 3 is 2.81 bits per heavy atom. The van der Waals surface area contributed by atoms with Crippen LogP contribution in [-0.4, -0.2) is 22.5 Å². The van der Waals surface area contributed by atoms with Gasteiger partial charge in [-0.1, -0.05) is 17.7 Å². The van der Waals surface area contributed by atoms with Crippen molar-refractivity contribution in [3.8, 4) is 0 Å². The van der Waals surface area contributed by atoms with E-state index in [0.29, 0.717) is 11.2 Å². The number of aromatic nitrogens is 1. The van der Waals surface area contributed by atoms with Gasteiger partial charge in [0.2, 0.25) is 0 Å². The molecule has 1 aromatic heterocycles. The summed E-state index contributed by atoms with van der Waals surface area (Å²) in [6, 6.07) is 4.59. The first kappa shape index (κ1) is 11.9. The highest BCUT2D eigenvalue weighted by molar-refractivity contribution is 6.30. The molecular weight excluding hydrogens is 220 g/mol. The molecule has 1 fully saturated rings. The lowest BCUT2D eigenvalue weighted by Gasteiger charge is -2.26. The molecule has 0 amide bonds. The van der Waals surface area contributed by atoms with Crippen LogP contribution in [-0.2, 0) is 6.54 Å². The average molecular weight is 239 g/mol. The van der Waals surface area contributed by atoms with Crippen molar-refractivity contribution in [1.29, 1.82) is 0 Å². The fraction of sp³-hybridized carbons (Fsp3) is 0.615. The third kappa shape index (κ3) is 3.19. The zero-order valence-electron chi connectivity index (χ0n) is 9.99. The monoisotopic (exact) mass is 238 g/mol. The van der Waals surface area contributed by atoms with E-state index in [-0.39, 0.29) is 0 Å². The summed E-state index contributed by atoms with van der Waals surface area (Å²) in [6.45, 7) is 6.60. The standard InChI is InChI=1S/C13H19ClN2/c1-10(2)16(8-11-5-6-11)9-12-4-3-7-15-13(12)14/h3-4,7,10-11H,5-6,8-9H2,1-2H3. The molecule has 1 aliphatic rings. The second-order valence-corrected chi connectivity index (χ2v) is 5.28. The number of rotatable bonds is 5. The van der Waals surface area contributed by atoms with Gasteiger partial charge in [0.1, 0.15) is 5.15 Å². The highest BCUT2D eigenvalue weighted by Crippen LogP contribution is 2.31. The molecule has 2 rings (SSSR count). The predicted molar refractivity (Wildman–Crippen MR) is 67.5 cm³/mol. The minimum absolute atomic E-state index is 0.567. The average Bonchev–Trinajstić information content (AvgIpc) is 3.04. The van der Waals surface area contributed by atoms with Crippen LogP contribution in [0.5, 0.6) is 0 Å². The van der Waals surface area contributed by atoms with E-state index in [9.17, 15) is 0 Å². The summed E-state index contributed by atoms with van der Waals surface area (Å²) in [5, 5.41) is 0.643. The smallest absolute Gasteiger partial charge is 0.133 e. The fourth-order valence-electron chi connectivity index (χ4n) is 1.85. The largest absolute Gasteiger partial charge is 0.296 e. The number of hydrogen-bond donors (Lipinski definition) is 0. The Kier molecular flexibility index (Phi) is 3.82. The maximum Gasteiger partial charge on any atom is 0.133 e. The third-order valence-corrected chi connectivity index (χ3v) is 3.47. The van der Waals surface area contributed by atoms with Crippen LogP contribution in [0.2, 0.25) is 5.15 Å². The molecule has 0 spiro atoms. The van der Waals surface area contributed by atoms with Crippen LogP contribution < -0.4 is 0 Å². The summed E-state index contributed by atoms with van der Waals surface area (Å²) in [5.41, 5.74) is 1.14. The zero-order valence-corrected chi connectivity index (χ0v) is 10.7. The van der Waals surface area contributed by atoms with Gasteiger partial charge in [-0.2, -0.15) is 0 Å². The summed E-state index contributed by atoms with van der Waals surface area (Å²) < 4.78 is 0. The first-order valence-electron chi connectivity index (χ1n) is 6.00. The maximum atomic E-state index is 6.09. The predicted octanol–water partition coefficient (Wildman–Crippen LogP) is 3.36. The lowest BCUT2D eigenvalue weighted by molar-refractivity contribution is 0.203. The van der Waals surface area contributed by atoms with Crippen LogP contribution in [0.15, 0.2) is 18.3 Å². The lowest BCUT2D eigenvalue weighted by atomic mass is 10.2. The Morgan fingerprint density at radius 2 is 2.25 bits per heavy atom. The molecule has 1 aliphatic carbocycles. The van der Waals surface area contributed by atoms with E-state index >= 15 is 0 Å². The molecule has 0 radical (unpaired) electrons. The molecule has 0 aliphatic heterocycles. The van der Waals surface area contributed by atoms with Crippen molar-refractivity contribution >= 4 is 11.6 Å². The van der Waals surface area contributed by atoms with E-state index in [1.165, 1.54) is 19.4 Å². The molecule has 0 N–H and O–H groups in total. The molecule has 0 saturated heterocycles. The molecule has 0 aromatic carbocycles. The number of nitrogens with zero attached hydrogens (tertiary/aromatic N) is 2. The molecule has 1 saturated carbocycles. The normalized spacial score (nSPS) is 16.1.